The summed E-state index contributed by atoms with van der Waals surface area (Å²) in [6.45, 7) is 5.43. The van der Waals surface area contributed by atoms with Gasteiger partial charge in [0.05, 0.1) is 5.52 Å². The highest BCUT2D eigenvalue weighted by Gasteiger charge is 2.67. The Labute approximate surface area is 291 Å². The van der Waals surface area contributed by atoms with E-state index >= 15 is 0 Å². The number of aromatic nitrogens is 5. The van der Waals surface area contributed by atoms with Crippen LogP contribution in [0.1, 0.15) is 66.5 Å². The summed E-state index contributed by atoms with van der Waals surface area (Å²) in [6, 6.07) is 6.57. The van der Waals surface area contributed by atoms with E-state index in [-0.39, 0.29) is 41.8 Å². The van der Waals surface area contributed by atoms with Crippen LogP contribution in [-0.2, 0) is 27.3 Å². The van der Waals surface area contributed by atoms with Gasteiger partial charge in [0.25, 0.3) is 0 Å². The summed E-state index contributed by atoms with van der Waals surface area (Å²) in [4.78, 5) is 68.9. The standard InChI is InChI=1S/C36H37BrN8O4/c1-20-10-29(37)41-30(11-20)42-35(49)27-14-36-15-28(36)45(27)32(48)18-44-34-23(8-6-4-5-7-9-31(47)40-19-36)12-24(25-16-38-22(3)39-17-25)13-26(34)33(43-44)21(2)46/h4,6,10-13,16-17,27-28H,5,7-9,14-15,18-19H2,1-3H3,(H,40,47)(H,41,42,49)/t27-,28+,36-/m0/s1. The van der Waals surface area contributed by atoms with E-state index in [1.165, 1.54) is 6.92 Å². The number of aryl methyl sites for hydroxylation is 2. The van der Waals surface area contributed by atoms with Gasteiger partial charge in [0.15, 0.2) is 5.78 Å². The fraction of sp³-hybridized carbons (Fsp3) is 0.389. The molecule has 1 saturated heterocycles. The number of amides is 3. The number of hydrogen-bond donors (Lipinski definition) is 2. The van der Waals surface area contributed by atoms with Crippen molar-refractivity contribution >= 4 is 56.2 Å². The van der Waals surface area contributed by atoms with Gasteiger partial charge in [-0.2, -0.15) is 5.10 Å². The number of rotatable bonds is 4. The molecule has 2 aliphatic heterocycles. The highest BCUT2D eigenvalue weighted by molar-refractivity contribution is 9.10. The Bertz CT molecular complexity index is 2020. The molecule has 0 unspecified atom stereocenters. The second kappa shape index (κ2) is 12.9. The number of nitrogens with one attached hydrogen (secondary N) is 2. The summed E-state index contributed by atoms with van der Waals surface area (Å²) < 4.78 is 2.21. The van der Waals surface area contributed by atoms with Crippen molar-refractivity contribution in [2.45, 2.75) is 77.9 Å². The molecule has 2 fully saturated rings. The molecule has 2 bridgehead atoms. The Morgan fingerprint density at radius 2 is 1.84 bits per heavy atom. The number of carbonyl (C=O) groups is 4. The van der Waals surface area contributed by atoms with Gasteiger partial charge in [-0.25, -0.2) is 15.0 Å². The molecule has 1 aromatic carbocycles. The van der Waals surface area contributed by atoms with Crippen molar-refractivity contribution in [1.29, 1.82) is 0 Å². The fourth-order valence-corrected chi connectivity index (χ4v) is 7.84. The van der Waals surface area contributed by atoms with Crippen LogP contribution in [0.5, 0.6) is 0 Å². The lowest BCUT2D eigenvalue weighted by Gasteiger charge is -2.27. The maximum absolute atomic E-state index is 14.4. The molecule has 2 N–H and O–H groups in total. The monoisotopic (exact) mass is 724 g/mol. The van der Waals surface area contributed by atoms with Crippen LogP contribution in [0.4, 0.5) is 5.82 Å². The van der Waals surface area contributed by atoms with Crippen LogP contribution in [-0.4, -0.2) is 71.8 Å². The lowest BCUT2D eigenvalue weighted by molar-refractivity contribution is -0.138. The number of ketones is 1. The summed E-state index contributed by atoms with van der Waals surface area (Å²) in [7, 11) is 0. The SMILES string of the molecule is CC(=O)c1nn2c3c(cc(-c4cnc(C)nc4)cc13)CC=CCCCC(=O)NC[C@@]13C[C@@H](C(=O)Nc4cc(C)cc(Br)n4)N(C(=O)C2)[C@@H]1C3. The third-order valence-electron chi connectivity index (χ3n) is 9.77. The summed E-state index contributed by atoms with van der Waals surface area (Å²) in [6.07, 6.45) is 11.0. The number of nitrogens with zero attached hydrogens (tertiary/aromatic N) is 6. The molecule has 4 aromatic rings. The van der Waals surface area contributed by atoms with Gasteiger partial charge < -0.3 is 15.5 Å². The largest absolute Gasteiger partial charge is 0.355 e. The molecule has 13 heteroatoms. The highest BCUT2D eigenvalue weighted by atomic mass is 79.9. The first kappa shape index (κ1) is 32.8. The van der Waals surface area contributed by atoms with Gasteiger partial charge in [-0.1, -0.05) is 12.2 Å². The van der Waals surface area contributed by atoms with E-state index in [1.807, 2.05) is 38.1 Å². The van der Waals surface area contributed by atoms with Crippen molar-refractivity contribution in [3.63, 3.8) is 0 Å². The smallest absolute Gasteiger partial charge is 0.248 e. The predicted octanol–water partition coefficient (Wildman–Crippen LogP) is 4.87. The second-order valence-electron chi connectivity index (χ2n) is 13.4. The quantitative estimate of drug-likeness (QED) is 0.172. The average Bonchev–Trinajstić information content (AvgIpc) is 3.46. The first-order chi connectivity index (χ1) is 23.5. The molecule has 3 amide bonds. The Morgan fingerprint density at radius 1 is 1.04 bits per heavy atom. The number of carbonyl (C=O) groups excluding carboxylic acids is 4. The zero-order valence-corrected chi connectivity index (χ0v) is 29.2. The Balaban J connectivity index is 1.30. The summed E-state index contributed by atoms with van der Waals surface area (Å²) in [5.74, 6) is 0.163. The van der Waals surface area contributed by atoms with Crippen molar-refractivity contribution in [2.24, 2.45) is 5.41 Å². The first-order valence-electron chi connectivity index (χ1n) is 16.5. The van der Waals surface area contributed by atoms with Gasteiger partial charge in [0.2, 0.25) is 17.7 Å². The summed E-state index contributed by atoms with van der Waals surface area (Å²) in [5, 5.41) is 11.4. The van der Waals surface area contributed by atoms with Gasteiger partial charge in [-0.05, 0) is 103 Å². The van der Waals surface area contributed by atoms with Gasteiger partial charge in [-0.15, -0.1) is 0 Å². The van der Waals surface area contributed by atoms with Crippen molar-refractivity contribution in [2.75, 3.05) is 11.9 Å². The minimum Gasteiger partial charge on any atom is -0.355 e. The Hall–Kier alpha value is -4.78. The van der Waals surface area contributed by atoms with Gasteiger partial charge >= 0.3 is 0 Å². The molecule has 3 aromatic heterocycles. The normalized spacial score (nSPS) is 22.4. The van der Waals surface area contributed by atoms with E-state index in [0.29, 0.717) is 65.8 Å². The molecule has 252 valence electrons. The molecule has 0 spiro atoms. The van der Waals surface area contributed by atoms with E-state index in [2.05, 4.69) is 47.6 Å². The zero-order chi connectivity index (χ0) is 34.4. The highest BCUT2D eigenvalue weighted by Crippen LogP contribution is 2.59. The van der Waals surface area contributed by atoms with Crippen LogP contribution >= 0.6 is 15.9 Å². The molecule has 3 atom stereocenters. The number of anilines is 1. The van der Waals surface area contributed by atoms with E-state index in [4.69, 9.17) is 5.10 Å². The maximum atomic E-state index is 14.4. The van der Waals surface area contributed by atoms with Crippen LogP contribution in [0.2, 0.25) is 0 Å². The van der Waals surface area contributed by atoms with E-state index in [0.717, 1.165) is 28.7 Å². The van der Waals surface area contributed by atoms with Crippen LogP contribution in [0, 0.1) is 19.3 Å². The number of Topliss-reactive ketones (excluding diaryl/α,β-unsaturated/α-hetero) is 1. The van der Waals surface area contributed by atoms with Gasteiger partial charge in [0.1, 0.15) is 34.5 Å². The molecule has 7 rings (SSSR count). The average molecular weight is 726 g/mol. The van der Waals surface area contributed by atoms with E-state index < -0.39 is 11.5 Å². The van der Waals surface area contributed by atoms with Gasteiger partial charge in [0, 0.05) is 54.7 Å². The van der Waals surface area contributed by atoms with Crippen LogP contribution in [0.3, 0.4) is 0 Å². The molecule has 3 aliphatic rings. The predicted molar refractivity (Wildman–Crippen MR) is 187 cm³/mol. The summed E-state index contributed by atoms with van der Waals surface area (Å²) in [5.41, 5.74) is 4.00. The minimum atomic E-state index is -0.771. The van der Waals surface area contributed by atoms with E-state index in [1.54, 1.807) is 28.0 Å². The topological polar surface area (TPSA) is 152 Å². The molecule has 49 heavy (non-hydrogen) atoms. The van der Waals surface area contributed by atoms with Crippen molar-refractivity contribution in [1.82, 2.24) is 34.9 Å². The number of hydrogen-bond acceptors (Lipinski definition) is 8. The number of piperidine rings is 1. The van der Waals surface area contributed by atoms with E-state index in [9.17, 15) is 19.2 Å². The van der Waals surface area contributed by atoms with Crippen molar-refractivity contribution in [3.8, 4) is 11.1 Å². The minimum absolute atomic E-state index is 0.0380. The number of halogens is 1. The number of benzene rings is 1. The molecule has 12 nitrogen and oxygen atoms in total. The number of pyridine rings is 1. The number of allylic oxidation sites excluding steroid dienone is 2. The lowest BCUT2D eigenvalue weighted by atomic mass is 9.98. The van der Waals surface area contributed by atoms with Crippen LogP contribution in [0.15, 0.2) is 53.4 Å². The fourth-order valence-electron chi connectivity index (χ4n) is 7.29. The molecule has 0 radical (unpaired) electrons. The second-order valence-corrected chi connectivity index (χ2v) is 14.2. The Kier molecular flexibility index (Phi) is 8.64. The van der Waals surface area contributed by atoms with Crippen molar-refractivity contribution < 1.29 is 19.2 Å². The lowest BCUT2D eigenvalue weighted by Crippen LogP contribution is -2.46. The van der Waals surface area contributed by atoms with Crippen LogP contribution in [0.25, 0.3) is 22.0 Å². The van der Waals surface area contributed by atoms with Gasteiger partial charge in [-0.3, -0.25) is 23.9 Å². The third-order valence-corrected chi connectivity index (χ3v) is 10.2. The molecule has 1 aliphatic carbocycles. The maximum Gasteiger partial charge on any atom is 0.248 e. The summed E-state index contributed by atoms with van der Waals surface area (Å²) >= 11 is 3.39. The molecule has 1 saturated carbocycles. The first-order valence-corrected chi connectivity index (χ1v) is 17.3. The van der Waals surface area contributed by atoms with Crippen LogP contribution < -0.4 is 10.6 Å². The third kappa shape index (κ3) is 6.51. The Morgan fingerprint density at radius 3 is 2.59 bits per heavy atom. The molecule has 5 heterocycles. The van der Waals surface area contributed by atoms with Crippen molar-refractivity contribution in [3.05, 3.63) is 76.1 Å². The molecular weight excluding hydrogens is 688 g/mol. The molecular formula is C36H37BrN8O4. The zero-order valence-electron chi connectivity index (χ0n) is 27.6.